The number of hydrogen-bond donors (Lipinski definition) is 2. The van der Waals surface area contributed by atoms with E-state index in [1.807, 2.05) is 20.8 Å². The summed E-state index contributed by atoms with van der Waals surface area (Å²) in [5.74, 6) is 6.04. The normalized spacial score (nSPS) is 16.2. The van der Waals surface area contributed by atoms with Crippen LogP contribution in [0.15, 0.2) is 47.0 Å². The lowest BCUT2D eigenvalue weighted by molar-refractivity contribution is -0.577. The molecule has 43 heavy (non-hydrogen) atoms. The van der Waals surface area contributed by atoms with Gasteiger partial charge in [0.25, 0.3) is 5.52 Å². The number of nitrogens with two attached hydrogens (primary N) is 1. The fraction of sp³-hybridized carbons (Fsp3) is 0.448. The van der Waals surface area contributed by atoms with Crippen LogP contribution in [0.5, 0.6) is 5.75 Å². The van der Waals surface area contributed by atoms with Gasteiger partial charge in [0.05, 0.1) is 29.1 Å². The number of hydrogen-bond acceptors (Lipinski definition) is 8. The lowest BCUT2D eigenvalue weighted by atomic mass is 10.0. The number of H-pyrrole nitrogens is 1. The SMILES string of the molecule is CC(=NC1CCN(C(=O)OC(C)(C)C)CC1)/C(=N\N)c1cc(OC(C)c2cncc(C(F)(F)F)c2)c2c(C#N)c[nH][n+]2c1. The minimum Gasteiger partial charge on any atom is -0.479 e. The lowest BCUT2D eigenvalue weighted by Crippen LogP contribution is -2.42. The highest BCUT2D eigenvalue weighted by Crippen LogP contribution is 2.32. The van der Waals surface area contributed by atoms with E-state index in [2.05, 4.69) is 21.3 Å². The fourth-order valence-corrected chi connectivity index (χ4v) is 4.75. The van der Waals surface area contributed by atoms with Crippen LogP contribution in [0, 0.1) is 11.3 Å². The molecule has 1 aliphatic rings. The Labute approximate surface area is 246 Å². The topological polar surface area (TPSA) is 146 Å². The van der Waals surface area contributed by atoms with E-state index < -0.39 is 23.4 Å². The second-order valence-electron chi connectivity index (χ2n) is 11.3. The molecule has 0 bridgehead atoms. The number of alkyl halides is 3. The molecule has 4 rings (SSSR count). The second kappa shape index (κ2) is 12.3. The Bertz CT molecular complexity index is 1590. The molecule has 1 saturated heterocycles. The summed E-state index contributed by atoms with van der Waals surface area (Å²) >= 11 is 0. The summed E-state index contributed by atoms with van der Waals surface area (Å²) in [6.45, 7) is 9.81. The van der Waals surface area contributed by atoms with Crippen molar-refractivity contribution in [2.75, 3.05) is 13.1 Å². The minimum atomic E-state index is -4.56. The molecule has 14 heteroatoms. The van der Waals surface area contributed by atoms with Crippen molar-refractivity contribution in [2.24, 2.45) is 15.9 Å². The van der Waals surface area contributed by atoms with Gasteiger partial charge in [0.15, 0.2) is 11.3 Å². The number of likely N-dealkylation sites (tertiary alicyclic amines) is 1. The molecule has 228 valence electrons. The highest BCUT2D eigenvalue weighted by Gasteiger charge is 2.32. The van der Waals surface area contributed by atoms with Crippen molar-refractivity contribution in [3.8, 4) is 11.8 Å². The van der Waals surface area contributed by atoms with E-state index in [-0.39, 0.29) is 29.0 Å². The molecule has 0 spiro atoms. The first-order chi connectivity index (χ1) is 20.2. The van der Waals surface area contributed by atoms with Crippen molar-refractivity contribution < 1.29 is 32.0 Å². The average molecular weight is 600 g/mol. The molecule has 0 radical (unpaired) electrons. The van der Waals surface area contributed by atoms with Crippen LogP contribution < -0.4 is 15.1 Å². The molecule has 1 unspecified atom stereocenters. The number of nitriles is 1. The smallest absolute Gasteiger partial charge is 0.417 e. The molecule has 3 aromatic heterocycles. The van der Waals surface area contributed by atoms with Gasteiger partial charge in [-0.3, -0.25) is 9.98 Å². The van der Waals surface area contributed by atoms with Crippen LogP contribution in [0.4, 0.5) is 18.0 Å². The Kier molecular flexibility index (Phi) is 8.93. The summed E-state index contributed by atoms with van der Waals surface area (Å²) in [4.78, 5) is 22.6. The number of amides is 1. The Hall–Kier alpha value is -4.67. The lowest BCUT2D eigenvalue weighted by Gasteiger charge is -2.32. The number of pyridine rings is 2. The summed E-state index contributed by atoms with van der Waals surface area (Å²) in [5, 5.41) is 16.6. The van der Waals surface area contributed by atoms with Gasteiger partial charge < -0.3 is 20.2 Å². The molecule has 0 aromatic carbocycles. The van der Waals surface area contributed by atoms with E-state index in [9.17, 15) is 23.2 Å². The van der Waals surface area contributed by atoms with Crippen molar-refractivity contribution in [3.05, 3.63) is 59.2 Å². The fourth-order valence-electron chi connectivity index (χ4n) is 4.75. The Balaban J connectivity index is 1.59. The van der Waals surface area contributed by atoms with Gasteiger partial charge in [0.1, 0.15) is 23.5 Å². The zero-order valence-corrected chi connectivity index (χ0v) is 24.6. The van der Waals surface area contributed by atoms with E-state index in [0.717, 1.165) is 12.3 Å². The van der Waals surface area contributed by atoms with Crippen LogP contribution in [-0.4, -0.2) is 57.2 Å². The zero-order chi connectivity index (χ0) is 31.5. The summed E-state index contributed by atoms with van der Waals surface area (Å²) in [7, 11) is 0. The van der Waals surface area contributed by atoms with Gasteiger partial charge in [-0.1, -0.05) is 4.52 Å². The number of piperidine rings is 1. The first-order valence-corrected chi connectivity index (χ1v) is 13.7. The predicted molar refractivity (Wildman–Crippen MR) is 152 cm³/mol. The number of carbonyl (C=O) groups is 1. The maximum atomic E-state index is 13.3. The number of carbonyl (C=O) groups excluding carboxylic acids is 1. The number of aromatic nitrogens is 3. The molecule has 1 fully saturated rings. The van der Waals surface area contributed by atoms with Gasteiger partial charge in [-0.2, -0.15) is 28.6 Å². The van der Waals surface area contributed by atoms with Gasteiger partial charge in [-0.25, -0.2) is 4.79 Å². The third-order valence-corrected chi connectivity index (χ3v) is 6.85. The summed E-state index contributed by atoms with van der Waals surface area (Å²) < 4.78 is 53.0. The molecule has 0 saturated carbocycles. The molecule has 1 aliphatic heterocycles. The average Bonchev–Trinajstić information content (AvgIpc) is 3.36. The number of fused-ring (bicyclic) bond motifs is 1. The number of aromatic amines is 1. The predicted octanol–water partition coefficient (Wildman–Crippen LogP) is 4.70. The molecule has 1 atom stereocenters. The number of nitrogens with zero attached hydrogens (tertiary/aromatic N) is 6. The number of nitrogens with one attached hydrogen (secondary N) is 1. The highest BCUT2D eigenvalue weighted by atomic mass is 19.4. The number of rotatable bonds is 6. The minimum absolute atomic E-state index is 0.0772. The molecule has 11 nitrogen and oxygen atoms in total. The van der Waals surface area contributed by atoms with Crippen molar-refractivity contribution in [2.45, 2.75) is 71.4 Å². The quantitative estimate of drug-likeness (QED) is 0.182. The number of halogens is 3. The molecule has 4 heterocycles. The van der Waals surface area contributed by atoms with E-state index in [0.29, 0.717) is 48.4 Å². The van der Waals surface area contributed by atoms with Crippen LogP contribution in [-0.2, 0) is 10.9 Å². The Morgan fingerprint density at radius 1 is 1.26 bits per heavy atom. The maximum Gasteiger partial charge on any atom is 0.417 e. The van der Waals surface area contributed by atoms with Gasteiger partial charge in [0, 0.05) is 37.1 Å². The monoisotopic (exact) mass is 599 g/mol. The summed E-state index contributed by atoms with van der Waals surface area (Å²) in [5.41, 5.74) is 0.795. The number of aliphatic imine (C=N–C) groups is 1. The third-order valence-electron chi connectivity index (χ3n) is 6.85. The standard InChI is InChI=1S/C29H33F3N8O3/c1-17(37-23-6-8-39(9-7-23)27(41)43-28(3,4)5)25(38-34)20-11-24(26-21(12-33)14-36-40(26)16-20)42-18(2)19-10-22(15-35-13-19)29(30,31)32/h10-11,13-16,18,23H,6-9H2,1-5H3,(H2,34,37)/p+1. The third kappa shape index (κ3) is 7.40. The molecule has 1 amide bonds. The van der Waals surface area contributed by atoms with Crippen LogP contribution in [0.1, 0.15) is 75.8 Å². The van der Waals surface area contributed by atoms with Crippen molar-refractivity contribution in [3.63, 3.8) is 0 Å². The van der Waals surface area contributed by atoms with Crippen molar-refractivity contribution in [1.82, 2.24) is 15.0 Å². The summed E-state index contributed by atoms with van der Waals surface area (Å²) in [6.07, 6.45) is 0.701. The molecular formula is C29H34F3N8O3+. The Morgan fingerprint density at radius 2 is 1.95 bits per heavy atom. The van der Waals surface area contributed by atoms with Gasteiger partial charge in [-0.05, 0) is 53.5 Å². The van der Waals surface area contributed by atoms with Crippen LogP contribution in [0.2, 0.25) is 0 Å². The Morgan fingerprint density at radius 3 is 2.56 bits per heavy atom. The van der Waals surface area contributed by atoms with Crippen molar-refractivity contribution in [1.29, 1.82) is 5.26 Å². The van der Waals surface area contributed by atoms with Crippen LogP contribution in [0.3, 0.4) is 0 Å². The van der Waals surface area contributed by atoms with Gasteiger partial charge in [0.2, 0.25) is 6.20 Å². The van der Waals surface area contributed by atoms with Crippen LogP contribution in [0.25, 0.3) is 5.52 Å². The molecule has 3 N–H and O–H groups in total. The molecule has 0 aliphatic carbocycles. The van der Waals surface area contributed by atoms with Crippen molar-refractivity contribution >= 4 is 23.0 Å². The first-order valence-electron chi connectivity index (χ1n) is 13.7. The largest absolute Gasteiger partial charge is 0.479 e. The first kappa shape index (κ1) is 31.3. The molecule has 3 aromatic rings. The highest BCUT2D eigenvalue weighted by molar-refractivity contribution is 6.47. The van der Waals surface area contributed by atoms with E-state index >= 15 is 0 Å². The van der Waals surface area contributed by atoms with Crippen LogP contribution >= 0.6 is 0 Å². The van der Waals surface area contributed by atoms with Gasteiger partial charge >= 0.3 is 12.3 Å². The number of hydrazone groups is 1. The maximum absolute atomic E-state index is 13.3. The zero-order valence-electron chi connectivity index (χ0n) is 24.6. The molecular weight excluding hydrogens is 565 g/mol. The van der Waals surface area contributed by atoms with E-state index in [1.54, 1.807) is 35.5 Å². The van der Waals surface area contributed by atoms with E-state index in [4.69, 9.17) is 20.3 Å². The summed E-state index contributed by atoms with van der Waals surface area (Å²) in [6, 6.07) is 4.61. The van der Waals surface area contributed by atoms with Gasteiger partial charge in [-0.15, -0.1) is 0 Å². The number of ether oxygens (including phenoxy) is 2. The second-order valence-corrected chi connectivity index (χ2v) is 11.3. The van der Waals surface area contributed by atoms with E-state index in [1.165, 1.54) is 12.4 Å².